The molecule has 148 valence electrons. The number of hydrogen-bond acceptors (Lipinski definition) is 5. The van der Waals surface area contributed by atoms with Crippen LogP contribution in [0.1, 0.15) is 23.9 Å². The summed E-state index contributed by atoms with van der Waals surface area (Å²) < 4.78 is 3.32. The average Bonchev–Trinajstić information content (AvgIpc) is 3.36. The third-order valence-electron chi connectivity index (χ3n) is 4.66. The molecule has 4 rings (SSSR count). The molecule has 1 aromatic carbocycles. The van der Waals surface area contributed by atoms with Gasteiger partial charge < -0.3 is 9.88 Å². The summed E-state index contributed by atoms with van der Waals surface area (Å²) >= 11 is 7.42. The maximum absolute atomic E-state index is 12.7. The van der Waals surface area contributed by atoms with Crippen molar-refractivity contribution in [3.63, 3.8) is 0 Å². The number of rotatable bonds is 6. The van der Waals surface area contributed by atoms with Crippen LogP contribution in [0.3, 0.4) is 0 Å². The maximum Gasteiger partial charge on any atom is 0.262 e. The second-order valence-electron chi connectivity index (χ2n) is 6.58. The normalized spacial score (nSPS) is 12.2. The quantitative estimate of drug-likeness (QED) is 0.512. The fourth-order valence-corrected chi connectivity index (χ4v) is 3.96. The molecule has 0 spiro atoms. The number of aryl methyl sites for hydroxylation is 2. The van der Waals surface area contributed by atoms with E-state index in [1.807, 2.05) is 35.3 Å². The predicted molar refractivity (Wildman–Crippen MR) is 113 cm³/mol. The zero-order chi connectivity index (χ0) is 20.4. The molecule has 0 aliphatic carbocycles. The van der Waals surface area contributed by atoms with Gasteiger partial charge in [0.25, 0.3) is 5.56 Å². The van der Waals surface area contributed by atoms with Gasteiger partial charge in [-0.25, -0.2) is 9.97 Å². The molecule has 0 aliphatic rings. The lowest BCUT2D eigenvalue weighted by molar-refractivity contribution is -0.121. The van der Waals surface area contributed by atoms with Gasteiger partial charge in [0.05, 0.1) is 11.7 Å². The number of nitrogens with zero attached hydrogens (tertiary/aromatic N) is 4. The highest BCUT2D eigenvalue weighted by atomic mass is 35.5. The summed E-state index contributed by atoms with van der Waals surface area (Å²) in [4.78, 5) is 34.5. The van der Waals surface area contributed by atoms with Crippen LogP contribution in [0.15, 0.2) is 59.2 Å². The Hall–Kier alpha value is -2.97. The fraction of sp³-hybridized carbons (Fsp3) is 0.200. The maximum atomic E-state index is 12.7. The van der Waals surface area contributed by atoms with Crippen LogP contribution < -0.4 is 10.9 Å². The molecule has 0 bridgehead atoms. The van der Waals surface area contributed by atoms with Gasteiger partial charge >= 0.3 is 0 Å². The molecule has 0 unspecified atom stereocenters. The number of fused-ring (bicyclic) bond motifs is 1. The van der Waals surface area contributed by atoms with E-state index in [1.54, 1.807) is 24.4 Å². The first-order valence-electron chi connectivity index (χ1n) is 8.97. The van der Waals surface area contributed by atoms with E-state index in [4.69, 9.17) is 11.6 Å². The minimum absolute atomic E-state index is 0.137. The van der Waals surface area contributed by atoms with Crippen molar-refractivity contribution in [3.05, 3.63) is 81.2 Å². The van der Waals surface area contributed by atoms with Crippen molar-refractivity contribution < 1.29 is 4.79 Å². The van der Waals surface area contributed by atoms with Gasteiger partial charge in [-0.15, -0.1) is 11.3 Å². The average molecular weight is 428 g/mol. The van der Waals surface area contributed by atoms with E-state index in [1.165, 1.54) is 22.2 Å². The molecule has 1 N–H and O–H groups in total. The summed E-state index contributed by atoms with van der Waals surface area (Å²) in [5, 5.41) is 6.05. The van der Waals surface area contributed by atoms with Gasteiger partial charge in [-0.05, 0) is 29.1 Å². The summed E-state index contributed by atoms with van der Waals surface area (Å²) in [5.74, 6) is 0.518. The van der Waals surface area contributed by atoms with Gasteiger partial charge in [0.2, 0.25) is 5.91 Å². The molecular weight excluding hydrogens is 410 g/mol. The molecule has 1 amide bonds. The number of hydrogen-bond donors (Lipinski definition) is 1. The molecular formula is C20H18ClN5O2S. The molecule has 0 radical (unpaired) electrons. The monoisotopic (exact) mass is 427 g/mol. The molecule has 0 aliphatic heterocycles. The minimum atomic E-state index is -0.422. The molecule has 1 atom stereocenters. The van der Waals surface area contributed by atoms with Crippen LogP contribution in [0.2, 0.25) is 5.02 Å². The van der Waals surface area contributed by atoms with Gasteiger partial charge in [0, 0.05) is 37.4 Å². The van der Waals surface area contributed by atoms with Crippen molar-refractivity contribution in [1.82, 2.24) is 24.4 Å². The van der Waals surface area contributed by atoms with Gasteiger partial charge in [-0.2, -0.15) is 0 Å². The number of aromatic nitrogens is 4. The predicted octanol–water partition coefficient (Wildman–Crippen LogP) is 3.14. The number of carbonyl (C=O) groups excluding carboxylic acids is 1. The van der Waals surface area contributed by atoms with E-state index >= 15 is 0 Å². The molecule has 3 heterocycles. The number of imidazole rings is 1. The molecule has 0 saturated heterocycles. The molecule has 3 aromatic heterocycles. The lowest BCUT2D eigenvalue weighted by Gasteiger charge is -2.19. The van der Waals surface area contributed by atoms with Crippen molar-refractivity contribution in [2.45, 2.75) is 19.0 Å². The summed E-state index contributed by atoms with van der Waals surface area (Å²) in [6.07, 6.45) is 5.15. The number of carbonyl (C=O) groups is 1. The highest BCUT2D eigenvalue weighted by molar-refractivity contribution is 7.16. The van der Waals surface area contributed by atoms with E-state index in [0.717, 1.165) is 5.56 Å². The molecule has 4 aromatic rings. The number of benzene rings is 1. The Morgan fingerprint density at radius 1 is 1.24 bits per heavy atom. The summed E-state index contributed by atoms with van der Waals surface area (Å²) in [6, 6.07) is 8.61. The Kier molecular flexibility index (Phi) is 5.46. The Balaban J connectivity index is 1.52. The summed E-state index contributed by atoms with van der Waals surface area (Å²) in [6.45, 7) is 0.247. The largest absolute Gasteiger partial charge is 0.342 e. The van der Waals surface area contributed by atoms with Crippen molar-refractivity contribution in [1.29, 1.82) is 0 Å². The van der Waals surface area contributed by atoms with Gasteiger partial charge in [0.1, 0.15) is 16.7 Å². The first-order valence-corrected chi connectivity index (χ1v) is 10.2. The van der Waals surface area contributed by atoms with Crippen molar-refractivity contribution in [3.8, 4) is 0 Å². The number of halogens is 1. The first-order chi connectivity index (χ1) is 14.0. The molecule has 9 heteroatoms. The van der Waals surface area contributed by atoms with Crippen LogP contribution in [0, 0.1) is 0 Å². The van der Waals surface area contributed by atoms with E-state index in [2.05, 4.69) is 15.3 Å². The van der Waals surface area contributed by atoms with E-state index < -0.39 is 6.04 Å². The third-order valence-corrected chi connectivity index (χ3v) is 5.73. The van der Waals surface area contributed by atoms with E-state index in [0.29, 0.717) is 21.1 Å². The standard InChI is InChI=1S/C20H18ClN5O2S/c1-25-10-8-22-18(25)17(13-2-4-14(21)5-3-13)24-16(27)6-9-26-12-23-19-15(20(26)28)7-11-29-19/h2-5,7-8,10-12,17H,6,9H2,1H3,(H,24,27)/t17-/m0/s1. The fourth-order valence-electron chi connectivity index (χ4n) is 3.12. The zero-order valence-corrected chi connectivity index (χ0v) is 17.2. The Morgan fingerprint density at radius 2 is 2.03 bits per heavy atom. The van der Waals surface area contributed by atoms with Gasteiger partial charge in [-0.3, -0.25) is 14.2 Å². The van der Waals surface area contributed by atoms with Gasteiger partial charge in [-0.1, -0.05) is 23.7 Å². The Morgan fingerprint density at radius 3 is 2.76 bits per heavy atom. The molecule has 0 saturated carbocycles. The summed E-state index contributed by atoms with van der Waals surface area (Å²) in [5.41, 5.74) is 0.734. The van der Waals surface area contributed by atoms with Crippen LogP contribution in [0.5, 0.6) is 0 Å². The first kappa shape index (κ1) is 19.4. The summed E-state index contributed by atoms with van der Waals surface area (Å²) in [7, 11) is 1.87. The SMILES string of the molecule is Cn1ccnc1[C@@H](NC(=O)CCn1cnc2sccc2c1=O)c1ccc(Cl)cc1. The second-order valence-corrected chi connectivity index (χ2v) is 7.91. The van der Waals surface area contributed by atoms with E-state index in [-0.39, 0.29) is 24.4 Å². The van der Waals surface area contributed by atoms with Crippen LogP contribution in [-0.2, 0) is 18.4 Å². The van der Waals surface area contributed by atoms with Gasteiger partial charge in [0.15, 0.2) is 0 Å². The molecule has 0 fully saturated rings. The van der Waals surface area contributed by atoms with E-state index in [9.17, 15) is 9.59 Å². The zero-order valence-electron chi connectivity index (χ0n) is 15.6. The molecule has 7 nitrogen and oxygen atoms in total. The lowest BCUT2D eigenvalue weighted by atomic mass is 10.1. The number of nitrogens with one attached hydrogen (secondary N) is 1. The lowest BCUT2D eigenvalue weighted by Crippen LogP contribution is -2.32. The smallest absolute Gasteiger partial charge is 0.262 e. The Labute approximate surface area is 175 Å². The highest BCUT2D eigenvalue weighted by Crippen LogP contribution is 2.22. The topological polar surface area (TPSA) is 81.8 Å². The number of amides is 1. The van der Waals surface area contributed by atoms with Crippen LogP contribution in [0.25, 0.3) is 10.2 Å². The number of thiophene rings is 1. The van der Waals surface area contributed by atoms with Crippen molar-refractivity contribution in [2.24, 2.45) is 7.05 Å². The Bertz CT molecular complexity index is 1210. The van der Waals surface area contributed by atoms with Crippen molar-refractivity contribution in [2.75, 3.05) is 0 Å². The third kappa shape index (κ3) is 4.08. The van der Waals surface area contributed by atoms with Crippen LogP contribution >= 0.6 is 22.9 Å². The minimum Gasteiger partial charge on any atom is -0.342 e. The second kappa shape index (κ2) is 8.18. The van der Waals surface area contributed by atoms with Crippen molar-refractivity contribution >= 4 is 39.1 Å². The highest BCUT2D eigenvalue weighted by Gasteiger charge is 2.21. The van der Waals surface area contributed by atoms with Crippen LogP contribution in [0.4, 0.5) is 0 Å². The van der Waals surface area contributed by atoms with Crippen LogP contribution in [-0.4, -0.2) is 25.0 Å². The molecule has 29 heavy (non-hydrogen) atoms.